The van der Waals surface area contributed by atoms with Crippen molar-refractivity contribution in [3.63, 3.8) is 0 Å². The smallest absolute Gasteiger partial charge is 0.169 e. The lowest BCUT2D eigenvalue weighted by Crippen LogP contribution is -3.13. The number of benzene rings is 1. The van der Waals surface area contributed by atoms with E-state index in [4.69, 9.17) is 16.6 Å². The van der Waals surface area contributed by atoms with E-state index in [-0.39, 0.29) is 0 Å². The fourth-order valence-corrected chi connectivity index (χ4v) is 3.11. The number of hydrogen-bond acceptors (Lipinski definition) is 2. The first-order chi connectivity index (χ1) is 11.2. The van der Waals surface area contributed by atoms with E-state index in [2.05, 4.69) is 41.4 Å². The highest BCUT2D eigenvalue weighted by Crippen LogP contribution is 2.03. The van der Waals surface area contributed by atoms with Gasteiger partial charge in [-0.25, -0.2) is 0 Å². The van der Waals surface area contributed by atoms with Gasteiger partial charge in [-0.3, -0.25) is 0 Å². The van der Waals surface area contributed by atoms with Crippen molar-refractivity contribution in [2.24, 2.45) is 0 Å². The molecule has 0 spiro atoms. The minimum absolute atomic E-state index is 0.790. The number of quaternary nitrogens is 1. The summed E-state index contributed by atoms with van der Waals surface area (Å²) >= 11 is 5.54. The highest BCUT2D eigenvalue weighted by molar-refractivity contribution is 7.80. The van der Waals surface area contributed by atoms with Gasteiger partial charge in [0.2, 0.25) is 0 Å². The molecule has 1 aliphatic rings. The van der Waals surface area contributed by atoms with Crippen LogP contribution in [0.15, 0.2) is 47.1 Å². The molecule has 4 nitrogen and oxygen atoms in total. The van der Waals surface area contributed by atoms with E-state index in [1.54, 1.807) is 11.2 Å². The average Bonchev–Trinajstić information content (AvgIpc) is 3.08. The van der Waals surface area contributed by atoms with Gasteiger partial charge in [-0.2, -0.15) is 0 Å². The van der Waals surface area contributed by atoms with Crippen LogP contribution in [0.5, 0.6) is 0 Å². The van der Waals surface area contributed by atoms with Gasteiger partial charge < -0.3 is 19.5 Å². The monoisotopic (exact) mass is 330 g/mol. The molecular weight excluding hydrogens is 306 g/mol. The van der Waals surface area contributed by atoms with E-state index in [9.17, 15) is 0 Å². The molecule has 1 fully saturated rings. The van der Waals surface area contributed by atoms with Gasteiger partial charge in [0.1, 0.15) is 6.54 Å². The van der Waals surface area contributed by atoms with Crippen molar-refractivity contribution in [3.8, 4) is 0 Å². The summed E-state index contributed by atoms with van der Waals surface area (Å²) in [4.78, 5) is 3.83. The van der Waals surface area contributed by atoms with Crippen LogP contribution in [-0.2, 0) is 13.1 Å². The van der Waals surface area contributed by atoms with Crippen molar-refractivity contribution in [1.29, 1.82) is 0 Å². The number of hydrogen-bond donors (Lipinski definition) is 2. The maximum atomic E-state index is 5.54. The molecule has 122 valence electrons. The van der Waals surface area contributed by atoms with Crippen molar-refractivity contribution in [2.45, 2.75) is 20.0 Å². The summed E-state index contributed by atoms with van der Waals surface area (Å²) < 4.78 is 5.43. The number of thiocarbonyl (C=S) groups is 1. The van der Waals surface area contributed by atoms with Crippen LogP contribution in [0.25, 0.3) is 0 Å². The molecule has 1 aromatic carbocycles. The molecule has 1 aromatic heterocycles. The van der Waals surface area contributed by atoms with Gasteiger partial charge in [0.05, 0.1) is 32.4 Å². The molecule has 2 aromatic rings. The van der Waals surface area contributed by atoms with Gasteiger partial charge in [0.25, 0.3) is 0 Å². The van der Waals surface area contributed by atoms with Crippen LogP contribution in [0.3, 0.4) is 0 Å². The maximum absolute atomic E-state index is 5.54. The molecule has 23 heavy (non-hydrogen) atoms. The molecule has 2 N–H and O–H groups in total. The Bertz CT molecular complexity index is 616. The van der Waals surface area contributed by atoms with Crippen molar-refractivity contribution in [3.05, 3.63) is 59.5 Å². The normalized spacial score (nSPS) is 15.6. The summed E-state index contributed by atoms with van der Waals surface area (Å²) in [5, 5.41) is 4.24. The van der Waals surface area contributed by atoms with E-state index in [0.717, 1.165) is 50.1 Å². The minimum atomic E-state index is 0.790. The molecule has 0 bridgehead atoms. The van der Waals surface area contributed by atoms with E-state index >= 15 is 0 Å². The van der Waals surface area contributed by atoms with Crippen LogP contribution in [0, 0.1) is 6.92 Å². The zero-order chi connectivity index (χ0) is 16.1. The Labute approximate surface area is 143 Å². The van der Waals surface area contributed by atoms with Crippen molar-refractivity contribution in [2.75, 3.05) is 26.2 Å². The summed E-state index contributed by atoms with van der Waals surface area (Å²) in [6, 6.07) is 12.6. The zero-order valence-corrected chi connectivity index (χ0v) is 14.4. The highest BCUT2D eigenvalue weighted by Gasteiger charge is 2.22. The predicted molar refractivity (Wildman–Crippen MR) is 95.3 cm³/mol. The van der Waals surface area contributed by atoms with Gasteiger partial charge in [-0.15, -0.1) is 0 Å². The van der Waals surface area contributed by atoms with E-state index in [1.807, 2.05) is 12.1 Å². The minimum Gasteiger partial charge on any atom is -0.463 e. The summed E-state index contributed by atoms with van der Waals surface area (Å²) in [6.45, 7) is 8.03. The number of furan rings is 1. The van der Waals surface area contributed by atoms with E-state index in [0.29, 0.717) is 0 Å². The molecule has 0 saturated carbocycles. The topological polar surface area (TPSA) is 32.9 Å². The highest BCUT2D eigenvalue weighted by atomic mass is 32.1. The molecule has 1 aliphatic heterocycles. The number of piperazine rings is 1. The van der Waals surface area contributed by atoms with E-state index in [1.165, 1.54) is 11.1 Å². The fourth-order valence-electron chi connectivity index (χ4n) is 2.86. The molecule has 0 unspecified atom stereocenters. The van der Waals surface area contributed by atoms with Gasteiger partial charge in [-0.1, -0.05) is 29.8 Å². The Balaban J connectivity index is 1.42. The Hall–Kier alpha value is -1.85. The first kappa shape index (κ1) is 16.0. The van der Waals surface area contributed by atoms with Crippen molar-refractivity contribution in [1.82, 2.24) is 10.2 Å². The molecule has 0 aliphatic carbocycles. The lowest BCUT2D eigenvalue weighted by molar-refractivity contribution is -0.918. The molecule has 1 saturated heterocycles. The lowest BCUT2D eigenvalue weighted by Gasteiger charge is -2.33. The Kier molecular flexibility index (Phi) is 5.31. The van der Waals surface area contributed by atoms with Gasteiger partial charge in [-0.05, 0) is 36.8 Å². The van der Waals surface area contributed by atoms with Crippen molar-refractivity contribution < 1.29 is 9.32 Å². The summed E-state index contributed by atoms with van der Waals surface area (Å²) in [5.74, 6) is 1.06. The molecule has 0 amide bonds. The third-order valence-electron chi connectivity index (χ3n) is 4.33. The SMILES string of the molecule is Cc1ccc(CNC(=S)N2CC[NH+](Cc3ccco3)CC2)cc1. The second kappa shape index (κ2) is 7.62. The summed E-state index contributed by atoms with van der Waals surface area (Å²) in [6.07, 6.45) is 1.75. The van der Waals surface area contributed by atoms with Crippen LogP contribution in [-0.4, -0.2) is 36.2 Å². The third-order valence-corrected chi connectivity index (χ3v) is 4.73. The van der Waals surface area contributed by atoms with Gasteiger partial charge in [0, 0.05) is 6.54 Å². The Morgan fingerprint density at radius 1 is 1.22 bits per heavy atom. The van der Waals surface area contributed by atoms with Crippen LogP contribution in [0.1, 0.15) is 16.9 Å². The zero-order valence-electron chi connectivity index (χ0n) is 13.5. The summed E-state index contributed by atoms with van der Waals surface area (Å²) in [7, 11) is 0. The van der Waals surface area contributed by atoms with Gasteiger partial charge in [0.15, 0.2) is 10.9 Å². The fraction of sp³-hybridized carbons (Fsp3) is 0.389. The molecule has 0 radical (unpaired) electrons. The number of nitrogens with one attached hydrogen (secondary N) is 2. The van der Waals surface area contributed by atoms with E-state index < -0.39 is 0 Å². The second-order valence-corrected chi connectivity index (χ2v) is 6.52. The molecule has 2 heterocycles. The number of rotatable bonds is 4. The molecular formula is C18H24N3OS+. The van der Waals surface area contributed by atoms with Crippen LogP contribution in [0.4, 0.5) is 0 Å². The predicted octanol–water partition coefficient (Wildman–Crippen LogP) is 1.36. The van der Waals surface area contributed by atoms with Crippen LogP contribution >= 0.6 is 12.2 Å². The van der Waals surface area contributed by atoms with Crippen LogP contribution in [0.2, 0.25) is 0 Å². The molecule has 5 heteroatoms. The Morgan fingerprint density at radius 2 is 1.96 bits per heavy atom. The maximum Gasteiger partial charge on any atom is 0.169 e. The lowest BCUT2D eigenvalue weighted by atomic mass is 10.1. The van der Waals surface area contributed by atoms with Crippen LogP contribution < -0.4 is 10.2 Å². The molecule has 3 rings (SSSR count). The Morgan fingerprint density at radius 3 is 2.61 bits per heavy atom. The summed E-state index contributed by atoms with van der Waals surface area (Å²) in [5.41, 5.74) is 2.55. The standard InChI is InChI=1S/C18H23N3OS/c1-15-4-6-16(7-5-15)13-19-18(23)21-10-8-20(9-11-21)14-17-3-2-12-22-17/h2-7,12H,8-11,13-14H2,1H3,(H,19,23)/p+1. The number of nitrogens with zero attached hydrogens (tertiary/aromatic N) is 1. The first-order valence-corrected chi connectivity index (χ1v) is 8.56. The average molecular weight is 330 g/mol. The molecule has 0 atom stereocenters. The third kappa shape index (κ3) is 4.56. The van der Waals surface area contributed by atoms with Gasteiger partial charge >= 0.3 is 0 Å². The largest absolute Gasteiger partial charge is 0.463 e. The number of aryl methyl sites for hydroxylation is 1. The quantitative estimate of drug-likeness (QED) is 0.830. The second-order valence-electron chi connectivity index (χ2n) is 6.14. The van der Waals surface area contributed by atoms with Crippen molar-refractivity contribution >= 4 is 17.3 Å². The first-order valence-electron chi connectivity index (χ1n) is 8.15.